The maximum atomic E-state index is 10.8. The number of allylic oxidation sites excluding steroid dienone is 1. The van der Waals surface area contributed by atoms with Gasteiger partial charge in [-0.1, -0.05) is 24.3 Å². The monoisotopic (exact) mass is 527 g/mol. The summed E-state index contributed by atoms with van der Waals surface area (Å²) >= 11 is 0. The fourth-order valence-electron chi connectivity index (χ4n) is 6.13. The molecule has 0 aliphatic carbocycles. The molecule has 3 aliphatic rings. The van der Waals surface area contributed by atoms with Gasteiger partial charge in [-0.15, -0.1) is 0 Å². The van der Waals surface area contributed by atoms with Crippen LogP contribution in [0.5, 0.6) is 5.75 Å². The minimum absolute atomic E-state index is 0.284. The average Bonchev–Trinajstić information content (AvgIpc) is 3.46. The Hall–Kier alpha value is -3.85. The first-order chi connectivity index (χ1) is 19.0. The number of nitrogens with zero attached hydrogens (tertiary/aromatic N) is 7. The van der Waals surface area contributed by atoms with E-state index in [0.717, 1.165) is 98.9 Å². The van der Waals surface area contributed by atoms with Gasteiger partial charge < -0.3 is 29.6 Å². The van der Waals surface area contributed by atoms with Crippen molar-refractivity contribution in [2.75, 3.05) is 74.6 Å². The van der Waals surface area contributed by atoms with Gasteiger partial charge in [0, 0.05) is 80.8 Å². The van der Waals surface area contributed by atoms with Crippen molar-refractivity contribution in [1.29, 1.82) is 0 Å². The molecule has 0 unspecified atom stereocenters. The molecule has 6 rings (SSSR count). The molecule has 0 saturated carbocycles. The van der Waals surface area contributed by atoms with E-state index in [1.54, 1.807) is 6.08 Å². The molecular formula is C30H37N7O2. The number of likely N-dealkylation sites (N-methyl/N-ethyl adjacent to an activating group) is 1. The number of benzene rings is 2. The molecule has 4 heterocycles. The smallest absolute Gasteiger partial charge is 0.227 e. The van der Waals surface area contributed by atoms with Gasteiger partial charge in [0.15, 0.2) is 0 Å². The molecular weight excluding hydrogens is 490 g/mol. The highest BCUT2D eigenvalue weighted by molar-refractivity contribution is 5.95. The van der Waals surface area contributed by atoms with Crippen molar-refractivity contribution in [2.24, 2.45) is 0 Å². The largest absolute Gasteiger partial charge is 0.508 e. The molecule has 0 bridgehead atoms. The third-order valence-corrected chi connectivity index (χ3v) is 8.36. The number of phenols is 1. The number of aldehydes is 1. The Balaban J connectivity index is 1.34. The van der Waals surface area contributed by atoms with E-state index < -0.39 is 0 Å². The summed E-state index contributed by atoms with van der Waals surface area (Å²) in [6.45, 7) is 6.81. The van der Waals surface area contributed by atoms with Gasteiger partial charge in [-0.25, -0.2) is 4.98 Å². The van der Waals surface area contributed by atoms with Crippen LogP contribution in [0.15, 0.2) is 48.7 Å². The maximum Gasteiger partial charge on any atom is 0.227 e. The van der Waals surface area contributed by atoms with E-state index in [1.165, 1.54) is 5.56 Å². The van der Waals surface area contributed by atoms with Gasteiger partial charge in [0.1, 0.15) is 17.9 Å². The highest BCUT2D eigenvalue weighted by Gasteiger charge is 2.31. The van der Waals surface area contributed by atoms with E-state index in [4.69, 9.17) is 9.97 Å². The number of hydrogen-bond acceptors (Lipinski definition) is 9. The van der Waals surface area contributed by atoms with E-state index in [2.05, 4.69) is 50.7 Å². The lowest BCUT2D eigenvalue weighted by molar-refractivity contribution is -0.104. The van der Waals surface area contributed by atoms with Crippen LogP contribution in [0, 0.1) is 0 Å². The highest BCUT2D eigenvalue weighted by atomic mass is 16.3. The van der Waals surface area contributed by atoms with Crippen molar-refractivity contribution in [2.45, 2.75) is 25.4 Å². The summed E-state index contributed by atoms with van der Waals surface area (Å²) < 4.78 is 0. The first-order valence-electron chi connectivity index (χ1n) is 13.9. The Morgan fingerprint density at radius 3 is 2.56 bits per heavy atom. The molecule has 39 heavy (non-hydrogen) atoms. The number of carbonyl (C=O) groups is 1. The molecule has 2 saturated heterocycles. The maximum absolute atomic E-state index is 10.8. The second-order valence-electron chi connectivity index (χ2n) is 11.0. The average molecular weight is 528 g/mol. The van der Waals surface area contributed by atoms with Gasteiger partial charge in [-0.3, -0.25) is 4.79 Å². The molecule has 2 fully saturated rings. The Morgan fingerprint density at radius 1 is 0.974 bits per heavy atom. The molecule has 0 amide bonds. The lowest BCUT2D eigenvalue weighted by atomic mass is 10.0. The molecule has 3 aliphatic heterocycles. The number of aromatic hydroxyl groups is 1. The van der Waals surface area contributed by atoms with E-state index in [9.17, 15) is 9.90 Å². The highest BCUT2D eigenvalue weighted by Crippen LogP contribution is 2.37. The minimum Gasteiger partial charge on any atom is -0.508 e. The normalized spacial score (nSPS) is 19.9. The van der Waals surface area contributed by atoms with E-state index in [1.807, 2.05) is 30.5 Å². The van der Waals surface area contributed by atoms with Crippen LogP contribution in [-0.4, -0.2) is 97.1 Å². The predicted molar refractivity (Wildman–Crippen MR) is 156 cm³/mol. The van der Waals surface area contributed by atoms with Gasteiger partial charge in [0.25, 0.3) is 0 Å². The Bertz CT molecular complexity index is 1380. The van der Waals surface area contributed by atoms with Crippen LogP contribution in [0.2, 0.25) is 0 Å². The minimum atomic E-state index is 0.284. The first-order valence-corrected chi connectivity index (χ1v) is 13.9. The van der Waals surface area contributed by atoms with Crippen molar-refractivity contribution in [3.8, 4) is 5.75 Å². The predicted octanol–water partition coefficient (Wildman–Crippen LogP) is 2.87. The summed E-state index contributed by atoms with van der Waals surface area (Å²) in [5, 5.41) is 12.7. The summed E-state index contributed by atoms with van der Waals surface area (Å²) in [7, 11) is 4.28. The van der Waals surface area contributed by atoms with Crippen LogP contribution in [0.25, 0.3) is 10.8 Å². The summed E-state index contributed by atoms with van der Waals surface area (Å²) in [6, 6.07) is 12.4. The van der Waals surface area contributed by atoms with Gasteiger partial charge in [0.05, 0.1) is 12.2 Å². The standard InChI is InChI=1S/C30H37N7O2/c1-33(2)23-8-11-37(20-23)30-31-27-21-36(28-19-24(39)18-22-6-3-4-7-25(22)28)12-9-26(27)29(32-30)35-15-13-34(14-16-35)10-5-17-38/h3-7,10,17-19,23,39H,8-9,11-16,20-21H2,1-2H3/t23-/m0/s1. The molecule has 204 valence electrons. The molecule has 2 aromatic carbocycles. The number of aromatic nitrogens is 2. The van der Waals surface area contributed by atoms with E-state index >= 15 is 0 Å². The van der Waals surface area contributed by atoms with E-state index in [0.29, 0.717) is 12.6 Å². The SMILES string of the molecule is CN(C)[C@H]1CCN(c2nc3c(c(N4CCN(C=CC=O)CC4)n2)CCN(c2cc(O)cc4ccccc24)C3)C1. The second-order valence-corrected chi connectivity index (χ2v) is 11.0. The van der Waals surface area contributed by atoms with Crippen LogP contribution >= 0.6 is 0 Å². The first kappa shape index (κ1) is 25.4. The Labute approximate surface area is 229 Å². The van der Waals surface area contributed by atoms with Crippen LogP contribution in [0.4, 0.5) is 17.5 Å². The third kappa shape index (κ3) is 5.11. The van der Waals surface area contributed by atoms with Crippen molar-refractivity contribution < 1.29 is 9.90 Å². The lowest BCUT2D eigenvalue weighted by Crippen LogP contribution is -2.45. The molecule has 0 radical (unpaired) electrons. The quantitative estimate of drug-likeness (QED) is 0.385. The summed E-state index contributed by atoms with van der Waals surface area (Å²) in [4.78, 5) is 32.7. The molecule has 0 spiro atoms. The summed E-state index contributed by atoms with van der Waals surface area (Å²) in [5.74, 6) is 2.16. The molecule has 9 heteroatoms. The fraction of sp³-hybridized carbons (Fsp3) is 0.433. The van der Waals surface area contributed by atoms with Gasteiger partial charge >= 0.3 is 0 Å². The van der Waals surface area contributed by atoms with Crippen molar-refractivity contribution >= 4 is 34.5 Å². The second kappa shape index (κ2) is 10.7. The number of phenolic OH excluding ortho intramolecular Hbond substituents is 1. The van der Waals surface area contributed by atoms with Crippen LogP contribution in [-0.2, 0) is 17.8 Å². The fourth-order valence-corrected chi connectivity index (χ4v) is 6.13. The zero-order valence-electron chi connectivity index (χ0n) is 22.8. The zero-order valence-corrected chi connectivity index (χ0v) is 22.8. The van der Waals surface area contributed by atoms with E-state index in [-0.39, 0.29) is 5.75 Å². The summed E-state index contributed by atoms with van der Waals surface area (Å²) in [6.07, 6.45) is 6.23. The van der Waals surface area contributed by atoms with Crippen molar-refractivity contribution in [3.05, 3.63) is 59.9 Å². The number of carbonyl (C=O) groups excluding carboxylic acids is 1. The van der Waals surface area contributed by atoms with Crippen molar-refractivity contribution in [1.82, 2.24) is 19.8 Å². The Kier molecular flexibility index (Phi) is 6.99. The lowest BCUT2D eigenvalue weighted by Gasteiger charge is -2.38. The van der Waals surface area contributed by atoms with Crippen LogP contribution < -0.4 is 14.7 Å². The molecule has 9 nitrogen and oxygen atoms in total. The number of fused-ring (bicyclic) bond motifs is 2. The number of rotatable bonds is 6. The Morgan fingerprint density at radius 2 is 1.79 bits per heavy atom. The zero-order chi connectivity index (χ0) is 26.9. The van der Waals surface area contributed by atoms with Gasteiger partial charge in [0.2, 0.25) is 5.95 Å². The number of hydrogen-bond donors (Lipinski definition) is 1. The number of anilines is 3. The molecule has 1 N–H and O–H groups in total. The number of piperazine rings is 1. The van der Waals surface area contributed by atoms with Crippen molar-refractivity contribution in [3.63, 3.8) is 0 Å². The van der Waals surface area contributed by atoms with Gasteiger partial charge in [-0.2, -0.15) is 4.98 Å². The molecule has 1 aromatic heterocycles. The summed E-state index contributed by atoms with van der Waals surface area (Å²) in [5.41, 5.74) is 3.35. The molecule has 3 aromatic rings. The third-order valence-electron chi connectivity index (χ3n) is 8.36. The molecule has 1 atom stereocenters. The topological polar surface area (TPSA) is 79.3 Å². The van der Waals surface area contributed by atoms with Gasteiger partial charge in [-0.05, 0) is 44.5 Å². The van der Waals surface area contributed by atoms with Crippen LogP contribution in [0.1, 0.15) is 17.7 Å². The van der Waals surface area contributed by atoms with Crippen LogP contribution in [0.3, 0.4) is 0 Å².